The van der Waals surface area contributed by atoms with Gasteiger partial charge < -0.3 is 10.4 Å². The number of aromatic nitrogens is 2. The van der Waals surface area contributed by atoms with Crippen molar-refractivity contribution in [1.82, 2.24) is 13.7 Å². The van der Waals surface area contributed by atoms with Crippen LogP contribution in [0.4, 0.5) is 5.82 Å². The number of β-amino-alcohol motifs (C(OH)–C–C–N with tert-alkyl or cyclic N) is 1. The summed E-state index contributed by atoms with van der Waals surface area (Å²) in [7, 11) is -2.06. The number of anilines is 1. The molecule has 1 saturated heterocycles. The molecule has 7 nitrogen and oxygen atoms in total. The van der Waals surface area contributed by atoms with E-state index in [0.29, 0.717) is 30.9 Å². The largest absolute Gasteiger partial charge is 0.392 e. The van der Waals surface area contributed by atoms with Gasteiger partial charge in [0.2, 0.25) is 0 Å². The molecule has 2 N–H and O–H groups in total. The lowest BCUT2D eigenvalue weighted by molar-refractivity contribution is 0.108. The quantitative estimate of drug-likeness (QED) is 0.863. The zero-order valence-electron chi connectivity index (χ0n) is 11.7. The van der Waals surface area contributed by atoms with Crippen LogP contribution in [0.15, 0.2) is 29.4 Å². The van der Waals surface area contributed by atoms with E-state index in [2.05, 4.69) is 10.3 Å². The minimum Gasteiger partial charge on any atom is -0.392 e. The number of sulfonamides is 1. The van der Waals surface area contributed by atoms with Crippen LogP contribution in [0.1, 0.15) is 12.8 Å². The van der Waals surface area contributed by atoms with Crippen LogP contribution in [-0.2, 0) is 10.0 Å². The van der Waals surface area contributed by atoms with E-state index >= 15 is 0 Å². The summed E-state index contributed by atoms with van der Waals surface area (Å²) in [5.41, 5.74) is 0.568. The monoisotopic (exact) mass is 310 g/mol. The number of pyridine rings is 1. The number of aliphatic hydroxyl groups excluding tert-OH is 1. The molecule has 8 heteroatoms. The first-order valence-electron chi connectivity index (χ1n) is 6.87. The van der Waals surface area contributed by atoms with Gasteiger partial charge in [-0.1, -0.05) is 6.07 Å². The Kier molecular flexibility index (Phi) is 3.60. The summed E-state index contributed by atoms with van der Waals surface area (Å²) < 4.78 is 28.7. The highest BCUT2D eigenvalue weighted by Gasteiger charge is 2.34. The maximum atomic E-state index is 12.9. The Morgan fingerprint density at radius 3 is 2.95 bits per heavy atom. The number of nitrogens with zero attached hydrogens (tertiary/aromatic N) is 3. The number of aliphatic hydroxyl groups is 1. The Bertz CT molecular complexity index is 756. The van der Waals surface area contributed by atoms with Crippen molar-refractivity contribution in [1.29, 1.82) is 0 Å². The second-order valence-electron chi connectivity index (χ2n) is 5.10. The molecule has 1 fully saturated rings. The van der Waals surface area contributed by atoms with Crippen LogP contribution >= 0.6 is 0 Å². The Morgan fingerprint density at radius 2 is 2.24 bits per heavy atom. The third kappa shape index (κ3) is 2.39. The van der Waals surface area contributed by atoms with E-state index in [9.17, 15) is 13.5 Å². The Balaban J connectivity index is 2.14. The van der Waals surface area contributed by atoms with Gasteiger partial charge in [-0.3, -0.25) is 4.40 Å². The summed E-state index contributed by atoms with van der Waals surface area (Å²) in [5, 5.41) is 12.7. The number of nitrogens with one attached hydrogen (secondary N) is 1. The van der Waals surface area contributed by atoms with Crippen LogP contribution < -0.4 is 5.32 Å². The fraction of sp³-hybridized carbons (Fsp3) is 0.462. The SMILES string of the molecule is CNc1nc2ccccn2c1S(=O)(=O)N1CCCC(O)C1. The van der Waals surface area contributed by atoms with E-state index < -0.39 is 16.1 Å². The zero-order valence-corrected chi connectivity index (χ0v) is 12.5. The number of hydrogen-bond acceptors (Lipinski definition) is 5. The van der Waals surface area contributed by atoms with E-state index in [4.69, 9.17) is 0 Å². The molecular formula is C13H18N4O3S. The molecule has 1 unspecified atom stereocenters. The molecule has 1 atom stereocenters. The van der Waals surface area contributed by atoms with E-state index in [-0.39, 0.29) is 11.6 Å². The second-order valence-corrected chi connectivity index (χ2v) is 6.96. The summed E-state index contributed by atoms with van der Waals surface area (Å²) in [5.74, 6) is 0.321. The lowest BCUT2D eigenvalue weighted by atomic mass is 10.1. The molecule has 0 saturated carbocycles. The molecule has 3 rings (SSSR count). The van der Waals surface area contributed by atoms with Gasteiger partial charge >= 0.3 is 0 Å². The third-order valence-electron chi connectivity index (χ3n) is 3.67. The molecule has 0 radical (unpaired) electrons. The van der Waals surface area contributed by atoms with E-state index in [1.807, 2.05) is 6.07 Å². The summed E-state index contributed by atoms with van der Waals surface area (Å²) in [4.78, 5) is 4.29. The Morgan fingerprint density at radius 1 is 1.43 bits per heavy atom. The van der Waals surface area contributed by atoms with E-state index in [1.54, 1.807) is 29.8 Å². The van der Waals surface area contributed by atoms with Gasteiger partial charge in [-0.05, 0) is 25.0 Å². The first kappa shape index (κ1) is 14.3. The molecule has 0 spiro atoms. The highest BCUT2D eigenvalue weighted by atomic mass is 32.2. The van der Waals surface area contributed by atoms with Crippen molar-refractivity contribution in [3.05, 3.63) is 24.4 Å². The normalized spacial score (nSPS) is 20.8. The molecule has 0 bridgehead atoms. The van der Waals surface area contributed by atoms with Crippen LogP contribution in [0.2, 0.25) is 0 Å². The average molecular weight is 310 g/mol. The molecule has 114 valence electrons. The number of imidazole rings is 1. The standard InChI is InChI=1S/C13H18N4O3S/c1-14-12-13(17-8-3-2-6-11(17)15-12)21(19,20)16-7-4-5-10(18)9-16/h2-3,6,8,10,14,18H,4-5,7,9H2,1H3. The van der Waals surface area contributed by atoms with Crippen LogP contribution in [0, 0.1) is 0 Å². The molecular weight excluding hydrogens is 292 g/mol. The maximum Gasteiger partial charge on any atom is 0.262 e. The molecule has 0 amide bonds. The molecule has 3 heterocycles. The second kappa shape index (κ2) is 5.28. The van der Waals surface area contributed by atoms with Crippen molar-refractivity contribution in [3.8, 4) is 0 Å². The van der Waals surface area contributed by atoms with Gasteiger partial charge in [0.1, 0.15) is 5.65 Å². The van der Waals surface area contributed by atoms with Gasteiger partial charge in [0, 0.05) is 26.3 Å². The van der Waals surface area contributed by atoms with Crippen LogP contribution in [0.5, 0.6) is 0 Å². The van der Waals surface area contributed by atoms with Gasteiger partial charge in [0.25, 0.3) is 10.0 Å². The Hall–Kier alpha value is -1.64. The highest BCUT2D eigenvalue weighted by Crippen LogP contribution is 2.27. The van der Waals surface area contributed by atoms with Crippen molar-refractivity contribution in [2.24, 2.45) is 0 Å². The molecule has 2 aromatic rings. The smallest absolute Gasteiger partial charge is 0.262 e. The van der Waals surface area contributed by atoms with Crippen LogP contribution in [-0.4, -0.2) is 53.5 Å². The lowest BCUT2D eigenvalue weighted by Gasteiger charge is -2.29. The summed E-state index contributed by atoms with van der Waals surface area (Å²) in [6.07, 6.45) is 2.37. The minimum absolute atomic E-state index is 0.120. The van der Waals surface area contributed by atoms with E-state index in [0.717, 1.165) is 0 Å². The number of rotatable bonds is 3. The third-order valence-corrected chi connectivity index (χ3v) is 5.56. The zero-order chi connectivity index (χ0) is 15.0. The molecule has 1 aliphatic heterocycles. The number of piperidine rings is 1. The fourth-order valence-electron chi connectivity index (χ4n) is 2.64. The number of hydrogen-bond donors (Lipinski definition) is 2. The van der Waals surface area contributed by atoms with Crippen molar-refractivity contribution >= 4 is 21.5 Å². The fourth-order valence-corrected chi connectivity index (χ4v) is 4.42. The number of fused-ring (bicyclic) bond motifs is 1. The summed E-state index contributed by atoms with van der Waals surface area (Å²) >= 11 is 0. The summed E-state index contributed by atoms with van der Waals surface area (Å²) in [6, 6.07) is 5.33. The van der Waals surface area contributed by atoms with Crippen molar-refractivity contribution in [3.63, 3.8) is 0 Å². The van der Waals surface area contributed by atoms with Gasteiger partial charge in [-0.15, -0.1) is 0 Å². The van der Waals surface area contributed by atoms with Gasteiger partial charge in [0.15, 0.2) is 10.8 Å². The van der Waals surface area contributed by atoms with Gasteiger partial charge in [-0.25, -0.2) is 13.4 Å². The molecule has 0 aliphatic carbocycles. The first-order chi connectivity index (χ1) is 10.0. The lowest BCUT2D eigenvalue weighted by Crippen LogP contribution is -2.42. The van der Waals surface area contributed by atoms with Crippen molar-refractivity contribution < 1.29 is 13.5 Å². The van der Waals surface area contributed by atoms with Crippen molar-refractivity contribution in [2.45, 2.75) is 24.0 Å². The van der Waals surface area contributed by atoms with Crippen LogP contribution in [0.25, 0.3) is 5.65 Å². The highest BCUT2D eigenvalue weighted by molar-refractivity contribution is 7.89. The average Bonchev–Trinajstić information content (AvgIpc) is 2.86. The summed E-state index contributed by atoms with van der Waals surface area (Å²) in [6.45, 7) is 0.550. The topological polar surface area (TPSA) is 86.9 Å². The molecule has 2 aromatic heterocycles. The Labute approximate surface area is 123 Å². The van der Waals surface area contributed by atoms with Gasteiger partial charge in [-0.2, -0.15) is 4.31 Å². The minimum atomic E-state index is -3.71. The molecule has 1 aliphatic rings. The van der Waals surface area contributed by atoms with Crippen LogP contribution in [0.3, 0.4) is 0 Å². The maximum absolute atomic E-state index is 12.9. The predicted molar refractivity (Wildman–Crippen MR) is 78.7 cm³/mol. The van der Waals surface area contributed by atoms with E-state index in [1.165, 1.54) is 4.31 Å². The van der Waals surface area contributed by atoms with Crippen molar-refractivity contribution in [2.75, 3.05) is 25.5 Å². The predicted octanol–water partition coefficient (Wildman–Crippen LogP) is 0.521. The first-order valence-corrected chi connectivity index (χ1v) is 8.31. The van der Waals surface area contributed by atoms with Gasteiger partial charge in [0.05, 0.1) is 6.10 Å². The molecule has 0 aromatic carbocycles. The molecule has 21 heavy (non-hydrogen) atoms.